The van der Waals surface area contributed by atoms with Crippen molar-refractivity contribution in [2.45, 2.75) is 20.8 Å². The zero-order valence-corrected chi connectivity index (χ0v) is 9.86. The van der Waals surface area contributed by atoms with Crippen molar-refractivity contribution in [2.75, 3.05) is 31.2 Å². The summed E-state index contributed by atoms with van der Waals surface area (Å²) in [7, 11) is 0. The molecule has 0 N–H and O–H groups in total. The van der Waals surface area contributed by atoms with Gasteiger partial charge >= 0.3 is 0 Å². The maximum Gasteiger partial charge on any atom is 0.131 e. The highest BCUT2D eigenvalue weighted by atomic mass is 16.5. The Balaban J connectivity index is 0.000000531. The van der Waals surface area contributed by atoms with E-state index in [0.717, 1.165) is 32.1 Å². The molecule has 0 spiro atoms. The zero-order chi connectivity index (χ0) is 11.1. The Morgan fingerprint density at radius 3 is 2.53 bits per heavy atom. The summed E-state index contributed by atoms with van der Waals surface area (Å²) in [5.74, 6) is 1.10. The topological polar surface area (TPSA) is 25.4 Å². The number of aryl methyl sites for hydroxylation is 1. The standard InChI is InChI=1S/C10H14N2O.C2H6/c1-9-3-2-4-11-10(9)12-5-7-13-8-6-12;1-2/h2-4H,5-8H2,1H3;1-2H3. The number of hydrogen-bond donors (Lipinski definition) is 0. The van der Waals surface area contributed by atoms with Crippen molar-refractivity contribution in [1.82, 2.24) is 4.98 Å². The maximum absolute atomic E-state index is 5.29. The third-order valence-corrected chi connectivity index (χ3v) is 2.29. The third kappa shape index (κ3) is 3.20. The van der Waals surface area contributed by atoms with Crippen molar-refractivity contribution in [3.63, 3.8) is 0 Å². The molecule has 0 aromatic carbocycles. The number of aromatic nitrogens is 1. The molecule has 0 bridgehead atoms. The average Bonchev–Trinajstić information content (AvgIpc) is 2.33. The molecule has 1 fully saturated rings. The van der Waals surface area contributed by atoms with Crippen molar-refractivity contribution >= 4 is 5.82 Å². The van der Waals surface area contributed by atoms with Gasteiger partial charge in [-0.3, -0.25) is 0 Å². The van der Waals surface area contributed by atoms with Crippen LogP contribution in [0, 0.1) is 6.92 Å². The van der Waals surface area contributed by atoms with Crippen LogP contribution in [-0.4, -0.2) is 31.3 Å². The van der Waals surface area contributed by atoms with E-state index in [2.05, 4.69) is 22.9 Å². The fourth-order valence-corrected chi connectivity index (χ4v) is 1.58. The molecule has 3 heteroatoms. The molecular weight excluding hydrogens is 188 g/mol. The lowest BCUT2D eigenvalue weighted by molar-refractivity contribution is 0.122. The molecule has 0 amide bonds. The van der Waals surface area contributed by atoms with Gasteiger partial charge in [0.1, 0.15) is 5.82 Å². The minimum atomic E-state index is 0.815. The molecule has 1 aliphatic rings. The van der Waals surface area contributed by atoms with E-state index in [1.165, 1.54) is 5.56 Å². The number of nitrogens with zero attached hydrogens (tertiary/aromatic N) is 2. The van der Waals surface area contributed by atoms with Crippen LogP contribution in [0.15, 0.2) is 18.3 Å². The summed E-state index contributed by atoms with van der Waals surface area (Å²) >= 11 is 0. The van der Waals surface area contributed by atoms with Crippen molar-refractivity contribution in [3.8, 4) is 0 Å². The van der Waals surface area contributed by atoms with Gasteiger partial charge in [-0.1, -0.05) is 19.9 Å². The van der Waals surface area contributed by atoms with Crippen LogP contribution in [0.2, 0.25) is 0 Å². The lowest BCUT2D eigenvalue weighted by Gasteiger charge is -2.28. The Morgan fingerprint density at radius 2 is 1.93 bits per heavy atom. The molecular formula is C12H20N2O. The van der Waals surface area contributed by atoms with E-state index in [9.17, 15) is 0 Å². The minimum Gasteiger partial charge on any atom is -0.378 e. The number of pyridine rings is 1. The first-order valence-electron chi connectivity index (χ1n) is 5.62. The molecule has 2 heterocycles. The molecule has 15 heavy (non-hydrogen) atoms. The van der Waals surface area contributed by atoms with Gasteiger partial charge in [-0.15, -0.1) is 0 Å². The van der Waals surface area contributed by atoms with Gasteiger partial charge in [0.2, 0.25) is 0 Å². The van der Waals surface area contributed by atoms with Gasteiger partial charge < -0.3 is 9.64 Å². The molecule has 1 aliphatic heterocycles. The molecule has 0 aliphatic carbocycles. The molecule has 0 atom stereocenters. The number of morpholine rings is 1. The number of rotatable bonds is 1. The molecule has 1 saturated heterocycles. The zero-order valence-electron chi connectivity index (χ0n) is 9.86. The van der Waals surface area contributed by atoms with Crippen LogP contribution in [0.5, 0.6) is 0 Å². The Bertz CT molecular complexity index is 283. The fourth-order valence-electron chi connectivity index (χ4n) is 1.58. The monoisotopic (exact) mass is 208 g/mol. The molecule has 1 aromatic heterocycles. The number of anilines is 1. The van der Waals surface area contributed by atoms with Gasteiger partial charge in [-0.05, 0) is 18.6 Å². The van der Waals surface area contributed by atoms with Crippen molar-refractivity contribution in [2.24, 2.45) is 0 Å². The summed E-state index contributed by atoms with van der Waals surface area (Å²) in [6.07, 6.45) is 1.85. The van der Waals surface area contributed by atoms with Gasteiger partial charge in [0.05, 0.1) is 13.2 Å². The largest absolute Gasteiger partial charge is 0.378 e. The fraction of sp³-hybridized carbons (Fsp3) is 0.583. The van der Waals surface area contributed by atoms with Crippen LogP contribution < -0.4 is 4.90 Å². The molecule has 2 rings (SSSR count). The van der Waals surface area contributed by atoms with Gasteiger partial charge in [0.25, 0.3) is 0 Å². The average molecular weight is 208 g/mol. The summed E-state index contributed by atoms with van der Waals surface area (Å²) in [4.78, 5) is 6.65. The van der Waals surface area contributed by atoms with E-state index in [0.29, 0.717) is 0 Å². The lowest BCUT2D eigenvalue weighted by atomic mass is 10.2. The first-order valence-corrected chi connectivity index (χ1v) is 5.62. The van der Waals surface area contributed by atoms with Crippen LogP contribution in [0.3, 0.4) is 0 Å². The predicted octanol–water partition coefficient (Wildman–Crippen LogP) is 2.25. The molecule has 0 unspecified atom stereocenters. The highest BCUT2D eigenvalue weighted by Crippen LogP contribution is 2.16. The van der Waals surface area contributed by atoms with Gasteiger partial charge in [-0.25, -0.2) is 4.98 Å². The second-order valence-corrected chi connectivity index (χ2v) is 3.24. The molecule has 1 aromatic rings. The Labute approximate surface area is 92.1 Å². The van der Waals surface area contributed by atoms with Crippen molar-refractivity contribution in [1.29, 1.82) is 0 Å². The first kappa shape index (κ1) is 12.0. The lowest BCUT2D eigenvalue weighted by Crippen LogP contribution is -2.37. The second kappa shape index (κ2) is 6.40. The van der Waals surface area contributed by atoms with E-state index in [4.69, 9.17) is 4.74 Å². The normalized spacial score (nSPS) is 15.5. The molecule has 0 radical (unpaired) electrons. The van der Waals surface area contributed by atoms with Crippen LogP contribution >= 0.6 is 0 Å². The summed E-state index contributed by atoms with van der Waals surface area (Å²) in [5.41, 5.74) is 1.24. The van der Waals surface area contributed by atoms with Gasteiger partial charge in [0, 0.05) is 19.3 Å². The predicted molar refractivity (Wildman–Crippen MR) is 63.4 cm³/mol. The van der Waals surface area contributed by atoms with Crippen LogP contribution in [0.4, 0.5) is 5.82 Å². The summed E-state index contributed by atoms with van der Waals surface area (Å²) in [6, 6.07) is 4.07. The van der Waals surface area contributed by atoms with Crippen LogP contribution in [0.1, 0.15) is 19.4 Å². The van der Waals surface area contributed by atoms with E-state index < -0.39 is 0 Å². The van der Waals surface area contributed by atoms with Gasteiger partial charge in [0.15, 0.2) is 0 Å². The summed E-state index contributed by atoms with van der Waals surface area (Å²) < 4.78 is 5.29. The highest BCUT2D eigenvalue weighted by Gasteiger charge is 2.13. The van der Waals surface area contributed by atoms with Crippen molar-refractivity contribution < 1.29 is 4.74 Å². The van der Waals surface area contributed by atoms with E-state index >= 15 is 0 Å². The molecule has 3 nitrogen and oxygen atoms in total. The Kier molecular flexibility index (Phi) is 5.12. The summed E-state index contributed by atoms with van der Waals surface area (Å²) in [6.45, 7) is 9.64. The van der Waals surface area contributed by atoms with Crippen LogP contribution in [-0.2, 0) is 4.74 Å². The SMILES string of the molecule is CC.Cc1cccnc1N1CCOCC1. The van der Waals surface area contributed by atoms with Crippen molar-refractivity contribution in [3.05, 3.63) is 23.9 Å². The first-order chi connectivity index (χ1) is 7.38. The molecule has 0 saturated carbocycles. The minimum absolute atomic E-state index is 0.815. The quantitative estimate of drug-likeness (QED) is 0.708. The number of hydrogen-bond acceptors (Lipinski definition) is 3. The van der Waals surface area contributed by atoms with Gasteiger partial charge in [-0.2, -0.15) is 0 Å². The van der Waals surface area contributed by atoms with E-state index in [1.807, 2.05) is 26.1 Å². The maximum atomic E-state index is 5.29. The third-order valence-electron chi connectivity index (χ3n) is 2.29. The summed E-state index contributed by atoms with van der Waals surface area (Å²) in [5, 5.41) is 0. The smallest absolute Gasteiger partial charge is 0.131 e. The highest BCUT2D eigenvalue weighted by molar-refractivity contribution is 5.45. The Hall–Kier alpha value is -1.09. The van der Waals surface area contributed by atoms with E-state index in [1.54, 1.807) is 0 Å². The van der Waals surface area contributed by atoms with E-state index in [-0.39, 0.29) is 0 Å². The Morgan fingerprint density at radius 1 is 1.27 bits per heavy atom. The second-order valence-electron chi connectivity index (χ2n) is 3.24. The van der Waals surface area contributed by atoms with Crippen LogP contribution in [0.25, 0.3) is 0 Å². The number of ether oxygens (including phenoxy) is 1. The molecule has 84 valence electrons.